The lowest BCUT2D eigenvalue weighted by atomic mass is 10.2. The van der Waals surface area contributed by atoms with Gasteiger partial charge in [0, 0.05) is 6.07 Å². The van der Waals surface area contributed by atoms with E-state index in [4.69, 9.17) is 9.47 Å². The minimum atomic E-state index is -3.71. The van der Waals surface area contributed by atoms with E-state index in [1.807, 2.05) is 19.1 Å². The van der Waals surface area contributed by atoms with Crippen LogP contribution in [0.1, 0.15) is 11.1 Å². The monoisotopic (exact) mass is 321 g/mol. The Bertz CT molecular complexity index is 785. The third-order valence-corrected chi connectivity index (χ3v) is 4.87. The van der Waals surface area contributed by atoms with Crippen LogP contribution in [0.2, 0.25) is 0 Å². The number of para-hydroxylation sites is 1. The Hall–Kier alpha value is -2.21. The molecule has 0 bridgehead atoms. The Morgan fingerprint density at radius 1 is 0.909 bits per heavy atom. The highest BCUT2D eigenvalue weighted by atomic mass is 32.2. The Balaban J connectivity index is 2.48. The first-order valence-corrected chi connectivity index (χ1v) is 8.18. The second kappa shape index (κ2) is 6.27. The largest absolute Gasteiger partial charge is 0.493 e. The molecule has 22 heavy (non-hydrogen) atoms. The maximum Gasteiger partial charge on any atom is 0.262 e. The third kappa shape index (κ3) is 3.17. The van der Waals surface area contributed by atoms with Crippen LogP contribution in [0, 0.1) is 13.8 Å². The molecule has 0 heterocycles. The number of hydrogen-bond donors (Lipinski definition) is 1. The third-order valence-electron chi connectivity index (χ3n) is 3.36. The summed E-state index contributed by atoms with van der Waals surface area (Å²) in [5.41, 5.74) is 1.99. The van der Waals surface area contributed by atoms with Gasteiger partial charge in [-0.2, -0.15) is 0 Å². The average molecular weight is 321 g/mol. The number of benzene rings is 2. The zero-order valence-corrected chi connectivity index (χ0v) is 13.8. The lowest BCUT2D eigenvalue weighted by Crippen LogP contribution is -2.15. The number of sulfonamides is 1. The molecule has 0 aromatic heterocycles. The van der Waals surface area contributed by atoms with Crippen LogP contribution in [-0.4, -0.2) is 22.6 Å². The molecule has 2 aromatic rings. The lowest BCUT2D eigenvalue weighted by Gasteiger charge is -2.15. The molecule has 5 nitrogen and oxygen atoms in total. The molecule has 0 radical (unpaired) electrons. The molecular formula is C16H19NO4S. The Labute approximate surface area is 130 Å². The fraction of sp³-hybridized carbons (Fsp3) is 0.250. The first kappa shape index (κ1) is 16.2. The van der Waals surface area contributed by atoms with E-state index >= 15 is 0 Å². The average Bonchev–Trinajstić information content (AvgIpc) is 2.48. The van der Waals surface area contributed by atoms with Crippen molar-refractivity contribution in [3.8, 4) is 11.5 Å². The van der Waals surface area contributed by atoms with Gasteiger partial charge < -0.3 is 9.47 Å². The highest BCUT2D eigenvalue weighted by molar-refractivity contribution is 7.92. The van der Waals surface area contributed by atoms with Crippen LogP contribution in [-0.2, 0) is 10.0 Å². The number of methoxy groups -OCH3 is 2. The van der Waals surface area contributed by atoms with Gasteiger partial charge in [0.2, 0.25) is 0 Å². The zero-order valence-electron chi connectivity index (χ0n) is 13.0. The summed E-state index contributed by atoms with van der Waals surface area (Å²) in [6, 6.07) is 10.3. The highest BCUT2D eigenvalue weighted by Crippen LogP contribution is 2.33. The summed E-state index contributed by atoms with van der Waals surface area (Å²) in [6.07, 6.45) is 0. The predicted octanol–water partition coefficient (Wildman–Crippen LogP) is 3.12. The number of anilines is 1. The minimum absolute atomic E-state index is 0.161. The van der Waals surface area contributed by atoms with Gasteiger partial charge >= 0.3 is 0 Å². The van der Waals surface area contributed by atoms with Crippen LogP contribution in [0.4, 0.5) is 5.69 Å². The van der Waals surface area contributed by atoms with E-state index in [0.717, 1.165) is 5.56 Å². The second-order valence-electron chi connectivity index (χ2n) is 4.89. The summed E-state index contributed by atoms with van der Waals surface area (Å²) >= 11 is 0. The SMILES string of the molecule is COc1cc(C)c(S(=O)(=O)Nc2ccccc2C)cc1OC. The highest BCUT2D eigenvalue weighted by Gasteiger charge is 2.21. The molecule has 0 saturated heterocycles. The van der Waals surface area contributed by atoms with E-state index in [-0.39, 0.29) is 4.90 Å². The molecule has 118 valence electrons. The van der Waals surface area contributed by atoms with Crippen LogP contribution in [0.25, 0.3) is 0 Å². The molecular weight excluding hydrogens is 302 g/mol. The van der Waals surface area contributed by atoms with Gasteiger partial charge in [-0.1, -0.05) is 18.2 Å². The molecule has 6 heteroatoms. The first-order valence-electron chi connectivity index (χ1n) is 6.70. The van der Waals surface area contributed by atoms with E-state index in [1.165, 1.54) is 20.3 Å². The van der Waals surface area contributed by atoms with E-state index < -0.39 is 10.0 Å². The maximum absolute atomic E-state index is 12.6. The van der Waals surface area contributed by atoms with Crippen LogP contribution in [0.5, 0.6) is 11.5 Å². The van der Waals surface area contributed by atoms with E-state index in [1.54, 1.807) is 25.1 Å². The van der Waals surface area contributed by atoms with Crippen LogP contribution in [0.15, 0.2) is 41.3 Å². The molecule has 0 saturated carbocycles. The van der Waals surface area contributed by atoms with Gasteiger partial charge in [0.25, 0.3) is 10.0 Å². The molecule has 0 spiro atoms. The summed E-state index contributed by atoms with van der Waals surface area (Å²) in [7, 11) is -0.728. The fourth-order valence-electron chi connectivity index (χ4n) is 2.14. The zero-order chi connectivity index (χ0) is 16.3. The normalized spacial score (nSPS) is 11.1. The van der Waals surface area contributed by atoms with Gasteiger partial charge in [-0.25, -0.2) is 8.42 Å². The standard InChI is InChI=1S/C16H19NO4S/c1-11-7-5-6-8-13(11)17-22(18,19)16-10-15(21-4)14(20-3)9-12(16)2/h5-10,17H,1-4H3. The van der Waals surface area contributed by atoms with Crippen molar-refractivity contribution in [3.63, 3.8) is 0 Å². The molecule has 0 aliphatic heterocycles. The van der Waals surface area contributed by atoms with Gasteiger partial charge in [0.05, 0.1) is 24.8 Å². The molecule has 2 aromatic carbocycles. The fourth-order valence-corrected chi connectivity index (χ4v) is 3.51. The number of hydrogen-bond acceptors (Lipinski definition) is 4. The van der Waals surface area contributed by atoms with E-state index in [0.29, 0.717) is 22.7 Å². The van der Waals surface area contributed by atoms with Crippen molar-refractivity contribution in [3.05, 3.63) is 47.5 Å². The van der Waals surface area contributed by atoms with Gasteiger partial charge in [-0.15, -0.1) is 0 Å². The Morgan fingerprint density at radius 2 is 1.50 bits per heavy atom. The quantitative estimate of drug-likeness (QED) is 0.919. The maximum atomic E-state index is 12.6. The van der Waals surface area contributed by atoms with Crippen molar-refractivity contribution in [1.29, 1.82) is 0 Å². The topological polar surface area (TPSA) is 64.6 Å². The smallest absolute Gasteiger partial charge is 0.262 e. The van der Waals surface area contributed by atoms with E-state index in [9.17, 15) is 8.42 Å². The van der Waals surface area contributed by atoms with Gasteiger partial charge in [0.1, 0.15) is 0 Å². The Morgan fingerprint density at radius 3 is 2.09 bits per heavy atom. The van der Waals surface area contributed by atoms with Crippen molar-refractivity contribution in [2.75, 3.05) is 18.9 Å². The number of aryl methyl sites for hydroxylation is 2. The molecule has 2 rings (SSSR count). The van der Waals surface area contributed by atoms with Crippen LogP contribution < -0.4 is 14.2 Å². The number of ether oxygens (including phenoxy) is 2. The Kier molecular flexibility index (Phi) is 4.61. The van der Waals surface area contributed by atoms with Gasteiger partial charge in [0.15, 0.2) is 11.5 Å². The summed E-state index contributed by atoms with van der Waals surface area (Å²) in [6.45, 7) is 3.56. The van der Waals surface area contributed by atoms with Gasteiger partial charge in [-0.05, 0) is 37.1 Å². The summed E-state index contributed by atoms with van der Waals surface area (Å²) in [5.74, 6) is 0.869. The van der Waals surface area contributed by atoms with Crippen molar-refractivity contribution in [2.45, 2.75) is 18.7 Å². The molecule has 0 aliphatic carbocycles. The van der Waals surface area contributed by atoms with Crippen molar-refractivity contribution in [2.24, 2.45) is 0 Å². The lowest BCUT2D eigenvalue weighted by molar-refractivity contribution is 0.353. The number of nitrogens with one attached hydrogen (secondary N) is 1. The minimum Gasteiger partial charge on any atom is -0.493 e. The predicted molar refractivity (Wildman–Crippen MR) is 86.3 cm³/mol. The van der Waals surface area contributed by atoms with Crippen LogP contribution in [0.3, 0.4) is 0 Å². The van der Waals surface area contributed by atoms with E-state index in [2.05, 4.69) is 4.72 Å². The molecule has 1 N–H and O–H groups in total. The first-order chi connectivity index (χ1) is 10.4. The second-order valence-corrected chi connectivity index (χ2v) is 6.54. The van der Waals surface area contributed by atoms with Crippen molar-refractivity contribution in [1.82, 2.24) is 0 Å². The summed E-state index contributed by atoms with van der Waals surface area (Å²) in [5, 5.41) is 0. The van der Waals surface area contributed by atoms with Crippen molar-refractivity contribution < 1.29 is 17.9 Å². The molecule has 0 amide bonds. The molecule has 0 aliphatic rings. The van der Waals surface area contributed by atoms with Crippen molar-refractivity contribution >= 4 is 15.7 Å². The summed E-state index contributed by atoms with van der Waals surface area (Å²) in [4.78, 5) is 0.161. The molecule has 0 fully saturated rings. The molecule has 0 unspecified atom stereocenters. The molecule has 0 atom stereocenters. The number of rotatable bonds is 5. The van der Waals surface area contributed by atoms with Crippen LogP contribution >= 0.6 is 0 Å². The van der Waals surface area contributed by atoms with Gasteiger partial charge in [-0.3, -0.25) is 4.72 Å². The summed E-state index contributed by atoms with van der Waals surface area (Å²) < 4.78 is 38.2.